The van der Waals surface area contributed by atoms with Gasteiger partial charge in [0, 0.05) is 44.8 Å². The summed E-state index contributed by atoms with van der Waals surface area (Å²) in [7, 11) is 3.34. The van der Waals surface area contributed by atoms with Gasteiger partial charge in [0.1, 0.15) is 5.69 Å². The first-order chi connectivity index (χ1) is 11.5. The number of hydrogen-bond donors (Lipinski definition) is 1. The minimum Gasteiger partial charge on any atom is -0.385 e. The molecule has 2 rings (SSSR count). The van der Waals surface area contributed by atoms with E-state index < -0.39 is 0 Å². The van der Waals surface area contributed by atoms with Gasteiger partial charge in [0.2, 0.25) is 5.91 Å². The van der Waals surface area contributed by atoms with Crippen molar-refractivity contribution < 1.29 is 9.53 Å². The molecular formula is C17H22N4O3. The highest BCUT2D eigenvalue weighted by Crippen LogP contribution is 2.11. The largest absolute Gasteiger partial charge is 0.385 e. The average Bonchev–Trinajstić information content (AvgIpc) is 2.58. The van der Waals surface area contributed by atoms with Crippen molar-refractivity contribution in [1.82, 2.24) is 19.9 Å². The number of pyridine rings is 1. The van der Waals surface area contributed by atoms with Gasteiger partial charge in [0.15, 0.2) is 5.82 Å². The van der Waals surface area contributed by atoms with Crippen LogP contribution in [0.25, 0.3) is 11.5 Å². The highest BCUT2D eigenvalue weighted by atomic mass is 16.5. The van der Waals surface area contributed by atoms with Crippen LogP contribution in [0.1, 0.15) is 17.7 Å². The maximum Gasteiger partial charge on any atom is 0.255 e. The van der Waals surface area contributed by atoms with Gasteiger partial charge in [-0.1, -0.05) is 6.07 Å². The molecule has 0 saturated heterocycles. The van der Waals surface area contributed by atoms with Gasteiger partial charge in [-0.2, -0.15) is 0 Å². The molecule has 0 aliphatic heterocycles. The van der Waals surface area contributed by atoms with Crippen LogP contribution in [0, 0.1) is 6.92 Å². The van der Waals surface area contributed by atoms with Crippen molar-refractivity contribution in [3.05, 3.63) is 46.0 Å². The molecule has 0 aliphatic rings. The van der Waals surface area contributed by atoms with Crippen LogP contribution in [0.2, 0.25) is 0 Å². The number of rotatable bonds is 7. The number of nitrogens with one attached hydrogen (secondary N) is 1. The number of carbonyl (C=O) groups excluding carboxylic acids is 1. The van der Waals surface area contributed by atoms with Crippen molar-refractivity contribution in [2.24, 2.45) is 0 Å². The van der Waals surface area contributed by atoms with Crippen LogP contribution in [-0.4, -0.2) is 53.1 Å². The van der Waals surface area contributed by atoms with Crippen molar-refractivity contribution in [2.75, 3.05) is 27.3 Å². The summed E-state index contributed by atoms with van der Waals surface area (Å²) < 4.78 is 4.97. The van der Waals surface area contributed by atoms with Gasteiger partial charge < -0.3 is 14.6 Å². The quantitative estimate of drug-likeness (QED) is 0.770. The predicted molar refractivity (Wildman–Crippen MR) is 90.7 cm³/mol. The molecule has 0 unspecified atom stereocenters. The third kappa shape index (κ3) is 4.48. The van der Waals surface area contributed by atoms with E-state index in [1.54, 1.807) is 44.3 Å². The molecule has 0 spiro atoms. The minimum atomic E-state index is -0.304. The Morgan fingerprint density at radius 2 is 2.17 bits per heavy atom. The Morgan fingerprint density at radius 1 is 1.38 bits per heavy atom. The highest BCUT2D eigenvalue weighted by molar-refractivity contribution is 5.78. The fraction of sp³-hybridized carbons (Fsp3) is 0.412. The summed E-state index contributed by atoms with van der Waals surface area (Å²) in [5, 5.41) is 0. The van der Waals surface area contributed by atoms with Crippen molar-refractivity contribution in [1.29, 1.82) is 0 Å². The van der Waals surface area contributed by atoms with Crippen molar-refractivity contribution in [2.45, 2.75) is 19.8 Å². The lowest BCUT2D eigenvalue weighted by atomic mass is 10.1. The molecule has 1 N–H and O–H groups in total. The normalized spacial score (nSPS) is 10.6. The monoisotopic (exact) mass is 330 g/mol. The van der Waals surface area contributed by atoms with Crippen LogP contribution in [0.15, 0.2) is 29.2 Å². The maximum atomic E-state index is 12.3. The molecule has 2 aromatic rings. The van der Waals surface area contributed by atoms with E-state index in [-0.39, 0.29) is 17.9 Å². The number of amides is 1. The molecule has 2 heterocycles. The van der Waals surface area contributed by atoms with Gasteiger partial charge in [-0.3, -0.25) is 14.6 Å². The second kappa shape index (κ2) is 8.35. The molecule has 0 bridgehead atoms. The number of aryl methyl sites for hydroxylation is 1. The third-order valence-electron chi connectivity index (χ3n) is 3.73. The Hall–Kier alpha value is -2.54. The van der Waals surface area contributed by atoms with E-state index >= 15 is 0 Å². The Labute approximate surface area is 140 Å². The van der Waals surface area contributed by atoms with Gasteiger partial charge >= 0.3 is 0 Å². The van der Waals surface area contributed by atoms with Crippen LogP contribution in [0.5, 0.6) is 0 Å². The Kier molecular flexibility index (Phi) is 6.20. The molecule has 24 heavy (non-hydrogen) atoms. The van der Waals surface area contributed by atoms with E-state index in [0.717, 1.165) is 6.42 Å². The zero-order valence-electron chi connectivity index (χ0n) is 14.2. The SMILES string of the molecule is COCCCN(C)C(=O)Cc1c(C)nc(-c2ccccn2)[nH]c1=O. The van der Waals surface area contributed by atoms with E-state index in [0.29, 0.717) is 35.9 Å². The van der Waals surface area contributed by atoms with Gasteiger partial charge in [-0.25, -0.2) is 4.98 Å². The number of carbonyl (C=O) groups is 1. The van der Waals surface area contributed by atoms with Crippen molar-refractivity contribution in [3.8, 4) is 11.5 Å². The summed E-state index contributed by atoms with van der Waals surface area (Å²) in [4.78, 5) is 37.5. The first kappa shape index (κ1) is 17.8. The van der Waals surface area contributed by atoms with Crippen molar-refractivity contribution in [3.63, 3.8) is 0 Å². The van der Waals surface area contributed by atoms with E-state index in [1.165, 1.54) is 0 Å². The summed E-state index contributed by atoms with van der Waals surface area (Å²) in [6, 6.07) is 5.39. The molecule has 0 aliphatic carbocycles. The third-order valence-corrected chi connectivity index (χ3v) is 3.73. The summed E-state index contributed by atoms with van der Waals surface area (Å²) >= 11 is 0. The molecule has 7 heteroatoms. The average molecular weight is 330 g/mol. The molecule has 0 radical (unpaired) electrons. The standard InChI is InChI=1S/C17H22N4O3/c1-12-13(11-15(22)21(2)9-6-10-24-3)17(23)20-16(19-12)14-7-4-5-8-18-14/h4-5,7-8H,6,9-11H2,1-3H3,(H,19,20,23). The van der Waals surface area contributed by atoms with Gasteiger partial charge in [0.25, 0.3) is 5.56 Å². The van der Waals surface area contributed by atoms with E-state index in [4.69, 9.17) is 4.74 Å². The predicted octanol–water partition coefficient (Wildman–Crippen LogP) is 1.18. The number of aromatic amines is 1. The van der Waals surface area contributed by atoms with Crippen LogP contribution >= 0.6 is 0 Å². The van der Waals surface area contributed by atoms with Gasteiger partial charge in [0.05, 0.1) is 6.42 Å². The van der Waals surface area contributed by atoms with Crippen molar-refractivity contribution >= 4 is 5.91 Å². The van der Waals surface area contributed by atoms with Gasteiger partial charge in [-0.15, -0.1) is 0 Å². The number of likely N-dealkylation sites (N-methyl/N-ethyl adjacent to an activating group) is 1. The van der Waals surface area contributed by atoms with Crippen LogP contribution in [0.4, 0.5) is 0 Å². The molecule has 1 amide bonds. The second-order valence-corrected chi connectivity index (χ2v) is 5.53. The lowest BCUT2D eigenvalue weighted by Crippen LogP contribution is -2.32. The number of nitrogens with zero attached hydrogens (tertiary/aromatic N) is 3. The first-order valence-corrected chi connectivity index (χ1v) is 7.77. The zero-order chi connectivity index (χ0) is 17.5. The fourth-order valence-corrected chi connectivity index (χ4v) is 2.30. The van der Waals surface area contributed by atoms with E-state index in [2.05, 4.69) is 15.0 Å². The number of ether oxygens (including phenoxy) is 1. The van der Waals surface area contributed by atoms with Crippen LogP contribution in [-0.2, 0) is 16.0 Å². The molecule has 128 valence electrons. The number of methoxy groups -OCH3 is 1. The zero-order valence-corrected chi connectivity index (χ0v) is 14.2. The molecule has 0 fully saturated rings. The van der Waals surface area contributed by atoms with E-state index in [1.807, 2.05) is 6.07 Å². The lowest BCUT2D eigenvalue weighted by Gasteiger charge is -2.17. The fourth-order valence-electron chi connectivity index (χ4n) is 2.30. The minimum absolute atomic E-state index is 0.0279. The lowest BCUT2D eigenvalue weighted by molar-refractivity contribution is -0.129. The first-order valence-electron chi connectivity index (χ1n) is 7.77. The summed E-state index contributed by atoms with van der Waals surface area (Å²) in [6.45, 7) is 2.91. The van der Waals surface area contributed by atoms with Crippen LogP contribution < -0.4 is 5.56 Å². The summed E-state index contributed by atoms with van der Waals surface area (Å²) in [5.74, 6) is 0.287. The molecule has 2 aromatic heterocycles. The Bertz CT molecular complexity index is 743. The molecule has 0 aromatic carbocycles. The van der Waals surface area contributed by atoms with E-state index in [9.17, 15) is 9.59 Å². The van der Waals surface area contributed by atoms with Gasteiger partial charge in [-0.05, 0) is 25.5 Å². The molecular weight excluding hydrogens is 308 g/mol. The number of hydrogen-bond acceptors (Lipinski definition) is 5. The maximum absolute atomic E-state index is 12.3. The topological polar surface area (TPSA) is 88.2 Å². The molecule has 7 nitrogen and oxygen atoms in total. The smallest absolute Gasteiger partial charge is 0.255 e. The molecule has 0 saturated carbocycles. The Balaban J connectivity index is 2.14. The number of H-pyrrole nitrogens is 1. The van der Waals surface area contributed by atoms with Crippen LogP contribution in [0.3, 0.4) is 0 Å². The Morgan fingerprint density at radius 3 is 2.79 bits per heavy atom. The second-order valence-electron chi connectivity index (χ2n) is 5.53. The summed E-state index contributed by atoms with van der Waals surface area (Å²) in [6.07, 6.45) is 2.42. The molecule has 0 atom stereocenters. The highest BCUT2D eigenvalue weighted by Gasteiger charge is 2.16. The number of aromatic nitrogens is 3. The summed E-state index contributed by atoms with van der Waals surface area (Å²) in [5.41, 5.74) is 1.21.